The lowest BCUT2D eigenvalue weighted by Gasteiger charge is -2.26. The number of nitrogens with zero attached hydrogens (tertiary/aromatic N) is 3. The lowest BCUT2D eigenvalue weighted by atomic mass is 10.2. The third-order valence-electron chi connectivity index (χ3n) is 5.23. The number of thioether (sulfide) groups is 1. The first-order chi connectivity index (χ1) is 16.9. The minimum absolute atomic E-state index is 0.119. The average molecular weight is 538 g/mol. The maximum Gasteiger partial charge on any atom is 0.243 e. The molecule has 0 bridgehead atoms. The molecular weight excluding hydrogens is 514 g/mol. The van der Waals surface area contributed by atoms with Gasteiger partial charge < -0.3 is 14.8 Å². The Hall–Kier alpha value is -2.64. The van der Waals surface area contributed by atoms with Crippen LogP contribution < -0.4 is 10.1 Å². The van der Waals surface area contributed by atoms with Crippen molar-refractivity contribution in [1.82, 2.24) is 24.8 Å². The summed E-state index contributed by atoms with van der Waals surface area (Å²) >= 11 is 7.26. The number of aromatic amines is 1. The smallest absolute Gasteiger partial charge is 0.243 e. The Kier molecular flexibility index (Phi) is 8.29. The zero-order chi connectivity index (χ0) is 24.8. The Labute approximate surface area is 212 Å². The first kappa shape index (κ1) is 25.5. The fraction of sp³-hybridized carbons (Fsp3) is 0.318. The van der Waals surface area contributed by atoms with Gasteiger partial charge in [-0.3, -0.25) is 9.89 Å². The number of hydrogen-bond acceptors (Lipinski definition) is 8. The van der Waals surface area contributed by atoms with Crippen LogP contribution >= 0.6 is 23.4 Å². The van der Waals surface area contributed by atoms with Crippen molar-refractivity contribution in [2.24, 2.45) is 0 Å². The number of sulfonamides is 1. The predicted octanol–water partition coefficient (Wildman–Crippen LogP) is 2.56. The van der Waals surface area contributed by atoms with Crippen molar-refractivity contribution < 1.29 is 22.7 Å². The third-order valence-corrected chi connectivity index (χ3v) is 8.23. The van der Waals surface area contributed by atoms with Crippen molar-refractivity contribution in [3.63, 3.8) is 0 Å². The van der Waals surface area contributed by atoms with Gasteiger partial charge in [0.1, 0.15) is 5.75 Å². The molecule has 1 saturated heterocycles. The minimum atomic E-state index is -3.54. The fourth-order valence-corrected chi connectivity index (χ4v) is 5.60. The number of ether oxygens (including phenoxy) is 2. The van der Waals surface area contributed by atoms with Crippen molar-refractivity contribution in [2.75, 3.05) is 39.2 Å². The summed E-state index contributed by atoms with van der Waals surface area (Å²) in [6.45, 7) is 1.75. The van der Waals surface area contributed by atoms with Crippen LogP contribution in [0.3, 0.4) is 0 Å². The van der Waals surface area contributed by atoms with E-state index in [1.807, 2.05) is 0 Å². The molecule has 13 heteroatoms. The highest BCUT2D eigenvalue weighted by atomic mass is 35.5. The zero-order valence-electron chi connectivity index (χ0n) is 18.9. The number of carbonyl (C=O) groups excluding carboxylic acids is 1. The lowest BCUT2D eigenvalue weighted by molar-refractivity contribution is -0.118. The van der Waals surface area contributed by atoms with E-state index in [-0.39, 0.29) is 23.1 Å². The van der Waals surface area contributed by atoms with E-state index in [1.54, 1.807) is 49.6 Å². The van der Waals surface area contributed by atoms with E-state index in [2.05, 4.69) is 20.5 Å². The van der Waals surface area contributed by atoms with Gasteiger partial charge in [0.25, 0.3) is 0 Å². The number of hydrogen-bond donors (Lipinski definition) is 2. The number of rotatable bonds is 9. The van der Waals surface area contributed by atoms with E-state index in [1.165, 1.54) is 16.1 Å². The molecule has 186 valence electrons. The summed E-state index contributed by atoms with van der Waals surface area (Å²) in [5.74, 6) is 1.00. The number of morpholine rings is 1. The highest BCUT2D eigenvalue weighted by Crippen LogP contribution is 2.31. The van der Waals surface area contributed by atoms with Gasteiger partial charge in [0.05, 0.1) is 36.5 Å². The Morgan fingerprint density at radius 2 is 1.97 bits per heavy atom. The number of halogens is 1. The lowest BCUT2D eigenvalue weighted by Crippen LogP contribution is -2.40. The predicted molar refractivity (Wildman–Crippen MR) is 132 cm³/mol. The van der Waals surface area contributed by atoms with Crippen LogP contribution in [0.2, 0.25) is 5.02 Å². The molecule has 0 saturated carbocycles. The molecule has 0 aliphatic carbocycles. The van der Waals surface area contributed by atoms with E-state index in [0.717, 1.165) is 5.56 Å². The molecule has 0 spiro atoms. The molecule has 1 aromatic heterocycles. The first-order valence-corrected chi connectivity index (χ1v) is 13.5. The number of nitrogens with one attached hydrogen (secondary N) is 2. The molecule has 2 heterocycles. The van der Waals surface area contributed by atoms with Crippen molar-refractivity contribution in [3.8, 4) is 17.1 Å². The average Bonchev–Trinajstić information content (AvgIpc) is 3.36. The molecule has 35 heavy (non-hydrogen) atoms. The SMILES string of the molecule is COc1ccc(Cl)cc1-c1nc(SCC(=O)NCc2ccc(S(=O)(=O)N3CCOCC3)cc2)n[nH]1. The van der Waals surface area contributed by atoms with Crippen LogP contribution in [-0.2, 0) is 26.1 Å². The van der Waals surface area contributed by atoms with Crippen LogP contribution in [0.4, 0.5) is 0 Å². The van der Waals surface area contributed by atoms with Crippen LogP contribution in [0, 0.1) is 0 Å². The van der Waals surface area contributed by atoms with Gasteiger partial charge >= 0.3 is 0 Å². The normalized spacial score (nSPS) is 14.6. The van der Waals surface area contributed by atoms with Gasteiger partial charge in [-0.05, 0) is 35.9 Å². The second-order valence-corrected chi connectivity index (χ2v) is 10.9. The molecule has 1 aliphatic rings. The number of carbonyl (C=O) groups is 1. The minimum Gasteiger partial charge on any atom is -0.496 e. The molecule has 10 nitrogen and oxygen atoms in total. The van der Waals surface area contributed by atoms with Gasteiger partial charge in [0.2, 0.25) is 21.1 Å². The monoisotopic (exact) mass is 537 g/mol. The summed E-state index contributed by atoms with van der Waals surface area (Å²) in [6, 6.07) is 11.7. The molecule has 2 N–H and O–H groups in total. The number of benzene rings is 2. The van der Waals surface area contributed by atoms with Gasteiger partial charge in [0.15, 0.2) is 5.82 Å². The van der Waals surface area contributed by atoms with E-state index < -0.39 is 10.0 Å². The third kappa shape index (κ3) is 6.33. The summed E-state index contributed by atoms with van der Waals surface area (Å²) in [5, 5.41) is 10.7. The van der Waals surface area contributed by atoms with E-state index in [4.69, 9.17) is 21.1 Å². The quantitative estimate of drug-likeness (QED) is 0.399. The molecule has 1 fully saturated rings. The van der Waals surface area contributed by atoms with Crippen LogP contribution in [0.5, 0.6) is 5.75 Å². The van der Waals surface area contributed by atoms with Crippen LogP contribution in [0.1, 0.15) is 5.56 Å². The van der Waals surface area contributed by atoms with Gasteiger partial charge in [0, 0.05) is 24.7 Å². The Bertz CT molecular complexity index is 1280. The van der Waals surface area contributed by atoms with E-state index in [0.29, 0.717) is 53.6 Å². The maximum atomic E-state index is 12.7. The fourth-order valence-electron chi connectivity index (χ4n) is 3.39. The Balaban J connectivity index is 1.28. The number of H-pyrrole nitrogens is 1. The molecule has 4 rings (SSSR count). The van der Waals surface area contributed by atoms with Crippen molar-refractivity contribution in [1.29, 1.82) is 0 Å². The second kappa shape index (κ2) is 11.4. The summed E-state index contributed by atoms with van der Waals surface area (Å²) < 4.78 is 37.4. The highest BCUT2D eigenvalue weighted by molar-refractivity contribution is 7.99. The summed E-state index contributed by atoms with van der Waals surface area (Å²) in [4.78, 5) is 16.9. The Morgan fingerprint density at radius 1 is 1.23 bits per heavy atom. The number of methoxy groups -OCH3 is 1. The number of aromatic nitrogens is 3. The first-order valence-electron chi connectivity index (χ1n) is 10.7. The molecule has 2 aromatic carbocycles. The van der Waals surface area contributed by atoms with Gasteiger partial charge in [-0.1, -0.05) is 35.5 Å². The van der Waals surface area contributed by atoms with Crippen molar-refractivity contribution >= 4 is 39.3 Å². The highest BCUT2D eigenvalue weighted by Gasteiger charge is 2.26. The van der Waals surface area contributed by atoms with Crippen LogP contribution in [0.15, 0.2) is 52.5 Å². The standard InChI is InChI=1S/C22H24ClN5O5S2/c1-32-19-7-4-16(23)12-18(19)21-25-22(27-26-21)34-14-20(29)24-13-15-2-5-17(6-3-15)35(30,31)28-8-10-33-11-9-28/h2-7,12H,8-11,13-14H2,1H3,(H,24,29)(H,25,26,27). The van der Waals surface area contributed by atoms with E-state index >= 15 is 0 Å². The molecule has 1 aliphatic heterocycles. The molecule has 0 unspecified atom stereocenters. The molecule has 0 atom stereocenters. The second-order valence-electron chi connectivity index (χ2n) is 7.54. The zero-order valence-corrected chi connectivity index (χ0v) is 21.3. The van der Waals surface area contributed by atoms with Gasteiger partial charge in [-0.2, -0.15) is 4.31 Å². The number of amides is 1. The van der Waals surface area contributed by atoms with Gasteiger partial charge in [-0.15, -0.1) is 5.10 Å². The van der Waals surface area contributed by atoms with Gasteiger partial charge in [-0.25, -0.2) is 13.4 Å². The van der Waals surface area contributed by atoms with Crippen molar-refractivity contribution in [2.45, 2.75) is 16.6 Å². The molecular formula is C22H24ClN5O5S2. The van der Waals surface area contributed by atoms with E-state index in [9.17, 15) is 13.2 Å². The Morgan fingerprint density at radius 3 is 2.69 bits per heavy atom. The molecule has 1 amide bonds. The van der Waals surface area contributed by atoms with Crippen molar-refractivity contribution in [3.05, 3.63) is 53.1 Å². The molecule has 0 radical (unpaired) electrons. The topological polar surface area (TPSA) is 127 Å². The maximum absolute atomic E-state index is 12.7. The summed E-state index contributed by atoms with van der Waals surface area (Å²) in [6.07, 6.45) is 0. The van der Waals surface area contributed by atoms with Crippen LogP contribution in [-0.4, -0.2) is 73.0 Å². The largest absolute Gasteiger partial charge is 0.496 e. The summed E-state index contributed by atoms with van der Waals surface area (Å²) in [5.41, 5.74) is 1.46. The summed E-state index contributed by atoms with van der Waals surface area (Å²) in [7, 11) is -1.99. The van der Waals surface area contributed by atoms with Crippen LogP contribution in [0.25, 0.3) is 11.4 Å². The molecule has 3 aromatic rings.